The van der Waals surface area contributed by atoms with Crippen molar-refractivity contribution in [1.82, 2.24) is 0 Å². The van der Waals surface area contributed by atoms with E-state index in [1.807, 2.05) is 0 Å². The standard InChI is InChI=1S/C8H4F13.C3H5.Sn/c1-2-3(9,10)4(11,12)5(13,14)6(15,16)7(17,18)8(19,20)21;1-3-2;/h1-2H2;3H,1-2H2;. The Balaban J connectivity index is 5.82. The molecule has 0 aromatic carbocycles. The van der Waals surface area contributed by atoms with E-state index in [2.05, 4.69) is 6.58 Å². The summed E-state index contributed by atoms with van der Waals surface area (Å²) in [5.74, 6) is -36.2. The van der Waals surface area contributed by atoms with Gasteiger partial charge in [0.1, 0.15) is 0 Å². The Morgan fingerprint density at radius 2 is 1.04 bits per heavy atom. The maximum atomic E-state index is 13.3. The van der Waals surface area contributed by atoms with Gasteiger partial charge in [0.2, 0.25) is 0 Å². The first-order chi connectivity index (χ1) is 10.8. The first-order valence-corrected chi connectivity index (χ1v) is 10.1. The molecule has 0 N–H and O–H groups in total. The Labute approximate surface area is 142 Å². The zero-order chi connectivity index (χ0) is 20.5. The number of halogens is 13. The van der Waals surface area contributed by atoms with Gasteiger partial charge in [-0.25, -0.2) is 0 Å². The van der Waals surface area contributed by atoms with Crippen molar-refractivity contribution in [3.63, 3.8) is 0 Å². The fourth-order valence-corrected chi connectivity index (χ4v) is 3.97. The minimum absolute atomic E-state index is 0.129. The van der Waals surface area contributed by atoms with E-state index in [0.717, 1.165) is 0 Å². The van der Waals surface area contributed by atoms with E-state index < -0.39 is 67.8 Å². The number of hydrogen-bond acceptors (Lipinski definition) is 0. The summed E-state index contributed by atoms with van der Waals surface area (Å²) in [5, 5.41) is 0. The predicted octanol–water partition coefficient (Wildman–Crippen LogP) is 5.84. The fourth-order valence-electron chi connectivity index (χ4n) is 1.41. The van der Waals surface area contributed by atoms with Gasteiger partial charge in [-0.2, -0.15) is 0 Å². The van der Waals surface area contributed by atoms with Crippen molar-refractivity contribution in [3.8, 4) is 0 Å². The normalized spacial score (nSPS) is 15.4. The topological polar surface area (TPSA) is 0 Å². The second-order valence-electron chi connectivity index (χ2n) is 4.74. The molecule has 0 saturated heterocycles. The van der Waals surface area contributed by atoms with E-state index in [4.69, 9.17) is 0 Å². The molecule has 0 aromatic heterocycles. The zero-order valence-electron chi connectivity index (χ0n) is 11.8. The molecule has 148 valence electrons. The van der Waals surface area contributed by atoms with Gasteiger partial charge in [-0.05, 0) is 0 Å². The third-order valence-corrected chi connectivity index (χ3v) is 6.27. The molecule has 0 bridgehead atoms. The van der Waals surface area contributed by atoms with Gasteiger partial charge in [-0.3, -0.25) is 0 Å². The third kappa shape index (κ3) is 4.15. The first kappa shape index (κ1) is 24.6. The van der Waals surface area contributed by atoms with Crippen molar-refractivity contribution in [2.24, 2.45) is 0 Å². The molecular formula is C11H9F13Sn. The summed E-state index contributed by atoms with van der Waals surface area (Å²) in [6, 6.07) is 0. The van der Waals surface area contributed by atoms with Gasteiger partial charge in [-0.15, -0.1) is 0 Å². The van der Waals surface area contributed by atoms with Crippen molar-refractivity contribution in [1.29, 1.82) is 0 Å². The molecule has 0 spiro atoms. The molecule has 14 heteroatoms. The molecular weight excluding hydrogens is 498 g/mol. The molecule has 0 atom stereocenters. The van der Waals surface area contributed by atoms with Gasteiger partial charge in [0.25, 0.3) is 0 Å². The fraction of sp³-hybridized carbons (Fsp3) is 0.818. The Kier molecular flexibility index (Phi) is 7.22. The molecule has 0 aliphatic rings. The molecule has 0 fully saturated rings. The number of allylic oxidation sites excluding steroid dienone is 1. The Morgan fingerprint density at radius 3 is 1.40 bits per heavy atom. The van der Waals surface area contributed by atoms with Crippen molar-refractivity contribution in [2.45, 2.75) is 51.1 Å². The monoisotopic (exact) mass is 508 g/mol. The Morgan fingerprint density at radius 1 is 0.640 bits per heavy atom. The SMILES string of the molecule is C=C[CH2][Sn][CH2]CC(F)(F)C(F)(F)C(F)(F)C(F)(F)C(F)(F)C(F)(F)F. The molecule has 0 aliphatic carbocycles. The number of hydrogen-bond donors (Lipinski definition) is 0. The third-order valence-electron chi connectivity index (χ3n) is 2.90. The van der Waals surface area contributed by atoms with E-state index in [0.29, 0.717) is 0 Å². The van der Waals surface area contributed by atoms with Crippen molar-refractivity contribution < 1.29 is 57.1 Å². The van der Waals surface area contributed by atoms with Crippen LogP contribution >= 0.6 is 0 Å². The summed E-state index contributed by atoms with van der Waals surface area (Å²) in [6.07, 6.45) is -8.23. The predicted molar refractivity (Wildman–Crippen MR) is 61.0 cm³/mol. The molecule has 0 aromatic rings. The van der Waals surface area contributed by atoms with Crippen LogP contribution in [0.15, 0.2) is 12.7 Å². The second kappa shape index (κ2) is 7.33. The van der Waals surface area contributed by atoms with Gasteiger partial charge in [0.15, 0.2) is 0 Å². The van der Waals surface area contributed by atoms with Crippen LogP contribution in [0.4, 0.5) is 57.1 Å². The summed E-state index contributed by atoms with van der Waals surface area (Å²) >= 11 is -1.82. The first-order valence-electron chi connectivity index (χ1n) is 6.08. The summed E-state index contributed by atoms with van der Waals surface area (Å²) in [7, 11) is 0. The van der Waals surface area contributed by atoms with Crippen LogP contribution in [0.1, 0.15) is 6.42 Å². The van der Waals surface area contributed by atoms with E-state index >= 15 is 0 Å². The van der Waals surface area contributed by atoms with Gasteiger partial charge in [-0.1, -0.05) is 0 Å². The van der Waals surface area contributed by atoms with E-state index in [1.54, 1.807) is 0 Å². The molecule has 0 aliphatic heterocycles. The van der Waals surface area contributed by atoms with Crippen LogP contribution in [-0.4, -0.2) is 56.9 Å². The van der Waals surface area contributed by atoms with Crippen LogP contribution in [-0.2, 0) is 0 Å². The van der Waals surface area contributed by atoms with Crippen LogP contribution < -0.4 is 0 Å². The Hall–Kier alpha value is -0.371. The zero-order valence-corrected chi connectivity index (χ0v) is 14.7. The number of alkyl halides is 13. The van der Waals surface area contributed by atoms with E-state index in [-0.39, 0.29) is 4.44 Å². The molecule has 2 radical (unpaired) electrons. The van der Waals surface area contributed by atoms with Gasteiger partial charge < -0.3 is 0 Å². The minimum atomic E-state index is -7.81. The van der Waals surface area contributed by atoms with Gasteiger partial charge >= 0.3 is 142 Å². The number of rotatable bonds is 9. The summed E-state index contributed by atoms with van der Waals surface area (Å²) in [6.45, 7) is 3.16. The second-order valence-corrected chi connectivity index (χ2v) is 8.76. The van der Waals surface area contributed by atoms with Gasteiger partial charge in [0.05, 0.1) is 0 Å². The average molecular weight is 507 g/mol. The summed E-state index contributed by atoms with van der Waals surface area (Å²) in [4.78, 5) is 0. The molecule has 0 unspecified atom stereocenters. The van der Waals surface area contributed by atoms with Crippen LogP contribution in [0.25, 0.3) is 0 Å². The molecule has 0 amide bonds. The molecule has 0 saturated carbocycles. The van der Waals surface area contributed by atoms with E-state index in [9.17, 15) is 57.1 Å². The van der Waals surface area contributed by atoms with Crippen LogP contribution in [0.5, 0.6) is 0 Å². The maximum absolute atomic E-state index is 13.3. The van der Waals surface area contributed by atoms with Crippen LogP contribution in [0.3, 0.4) is 0 Å². The van der Waals surface area contributed by atoms with Crippen LogP contribution in [0, 0.1) is 0 Å². The van der Waals surface area contributed by atoms with Crippen LogP contribution in [0.2, 0.25) is 8.87 Å². The molecule has 0 nitrogen and oxygen atoms in total. The molecule has 0 rings (SSSR count). The van der Waals surface area contributed by atoms with Gasteiger partial charge in [0, 0.05) is 0 Å². The summed E-state index contributed by atoms with van der Waals surface area (Å²) in [5.41, 5.74) is 0. The van der Waals surface area contributed by atoms with Crippen molar-refractivity contribution in [3.05, 3.63) is 12.7 Å². The Bertz CT molecular complexity index is 465. The van der Waals surface area contributed by atoms with Crippen molar-refractivity contribution >= 4 is 21.1 Å². The quantitative estimate of drug-likeness (QED) is 0.159. The summed E-state index contributed by atoms with van der Waals surface area (Å²) < 4.78 is 165. The van der Waals surface area contributed by atoms with E-state index in [1.165, 1.54) is 6.08 Å². The van der Waals surface area contributed by atoms with Crippen molar-refractivity contribution in [2.75, 3.05) is 0 Å². The molecule has 25 heavy (non-hydrogen) atoms. The average Bonchev–Trinajstić information content (AvgIpc) is 2.41. The molecule has 0 heterocycles.